The van der Waals surface area contributed by atoms with E-state index >= 15 is 0 Å². The van der Waals surface area contributed by atoms with Crippen LogP contribution in [0.4, 0.5) is 13.2 Å². The van der Waals surface area contributed by atoms with Gasteiger partial charge in [0, 0.05) is 20.1 Å². The fraction of sp³-hybridized carbons (Fsp3) is 0.842. The number of halogens is 3. The number of nitrogens with zero attached hydrogens (tertiary/aromatic N) is 1. The average molecular weight is 414 g/mol. The molecule has 0 radical (unpaired) electrons. The Bertz CT molecular complexity index is 451. The van der Waals surface area contributed by atoms with E-state index in [1.54, 1.807) is 12.4 Å². The van der Waals surface area contributed by atoms with Crippen molar-refractivity contribution in [3.63, 3.8) is 0 Å². The minimum absolute atomic E-state index is 0.0519. The van der Waals surface area contributed by atoms with Gasteiger partial charge in [-0.3, -0.25) is 14.4 Å². The van der Waals surface area contributed by atoms with E-state index in [4.69, 9.17) is 4.79 Å². The normalized spacial score (nSPS) is 17.0. The highest BCUT2D eigenvalue weighted by molar-refractivity contribution is 5.87. The van der Waals surface area contributed by atoms with Crippen molar-refractivity contribution in [1.29, 1.82) is 0 Å². The molecule has 1 aliphatic heterocycles. The lowest BCUT2D eigenvalue weighted by atomic mass is 9.84. The van der Waals surface area contributed by atoms with Gasteiger partial charge in [-0.05, 0) is 17.3 Å². The Hall–Kier alpha value is -1.80. The van der Waals surface area contributed by atoms with E-state index < -0.39 is 24.5 Å². The third-order valence-electron chi connectivity index (χ3n) is 3.55. The minimum Gasteiger partial charge on any atom is -0.362 e. The van der Waals surface area contributed by atoms with Crippen LogP contribution < -0.4 is 10.6 Å². The molecule has 168 valence electrons. The summed E-state index contributed by atoms with van der Waals surface area (Å²) in [5, 5.41) is 3.84. The number of rotatable bonds is 3. The number of alkyl halides is 3. The molecule has 1 fully saturated rings. The van der Waals surface area contributed by atoms with Crippen molar-refractivity contribution in [2.45, 2.75) is 61.6 Å². The molecular weight excluding hydrogens is 375 g/mol. The van der Waals surface area contributed by atoms with Gasteiger partial charge in [0.05, 0.1) is 6.54 Å². The van der Waals surface area contributed by atoms with Gasteiger partial charge >= 0.3 is 12.1 Å². The van der Waals surface area contributed by atoms with Crippen LogP contribution in [0.5, 0.6) is 0 Å². The molecule has 2 N–H and O–H groups in total. The molecule has 9 heteroatoms. The van der Waals surface area contributed by atoms with E-state index in [1.165, 1.54) is 4.90 Å². The van der Waals surface area contributed by atoms with Gasteiger partial charge in [-0.1, -0.05) is 55.4 Å². The summed E-state index contributed by atoms with van der Waals surface area (Å²) in [5.41, 5.74) is -0.0519. The number of nitrogens with one attached hydrogen (secondary N) is 2. The molecule has 1 heterocycles. The van der Waals surface area contributed by atoms with Crippen molar-refractivity contribution in [1.82, 2.24) is 15.5 Å². The zero-order valence-electron chi connectivity index (χ0n) is 18.7. The van der Waals surface area contributed by atoms with Crippen LogP contribution in [0.15, 0.2) is 0 Å². The Balaban J connectivity index is -0.000000522. The number of amides is 3. The van der Waals surface area contributed by atoms with Crippen LogP contribution in [0.3, 0.4) is 0 Å². The van der Waals surface area contributed by atoms with Gasteiger partial charge in [-0.15, -0.1) is 0 Å². The highest BCUT2D eigenvalue weighted by atomic mass is 19.4. The molecule has 3 amide bonds. The summed E-state index contributed by atoms with van der Waals surface area (Å²) in [7, 11) is 1.56. The molecule has 0 bridgehead atoms. The van der Waals surface area contributed by atoms with E-state index in [-0.39, 0.29) is 11.3 Å². The molecule has 0 saturated carbocycles. The Morgan fingerprint density at radius 2 is 1.61 bits per heavy atom. The van der Waals surface area contributed by atoms with Crippen LogP contribution >= 0.6 is 0 Å². The summed E-state index contributed by atoms with van der Waals surface area (Å²) in [6.07, 6.45) is -4.32. The maximum Gasteiger partial charge on any atom is 0.471 e. The summed E-state index contributed by atoms with van der Waals surface area (Å²) in [6.45, 7) is 16.9. The fourth-order valence-corrected chi connectivity index (χ4v) is 1.85. The van der Waals surface area contributed by atoms with Crippen LogP contribution in [0.1, 0.15) is 55.4 Å². The van der Waals surface area contributed by atoms with Gasteiger partial charge in [-0.25, -0.2) is 0 Å². The summed E-state index contributed by atoms with van der Waals surface area (Å²) < 4.78 is 35.8. The molecule has 1 atom stereocenters. The lowest BCUT2D eigenvalue weighted by Gasteiger charge is -2.22. The molecule has 1 aliphatic rings. The van der Waals surface area contributed by atoms with Crippen LogP contribution in [0.2, 0.25) is 0 Å². The van der Waals surface area contributed by atoms with Crippen molar-refractivity contribution in [2.24, 2.45) is 17.3 Å². The Kier molecular flexibility index (Phi) is 16.7. The Morgan fingerprint density at radius 1 is 1.21 bits per heavy atom. The zero-order chi connectivity index (χ0) is 23.1. The lowest BCUT2D eigenvalue weighted by Crippen LogP contribution is -2.44. The smallest absolute Gasteiger partial charge is 0.362 e. The predicted octanol–water partition coefficient (Wildman–Crippen LogP) is 3.22. The lowest BCUT2D eigenvalue weighted by molar-refractivity contribution is -0.174. The molecular formula is C19H38F3N3O3. The summed E-state index contributed by atoms with van der Waals surface area (Å²) >= 11 is 0. The quantitative estimate of drug-likeness (QED) is 0.698. The van der Waals surface area contributed by atoms with E-state index in [0.29, 0.717) is 19.5 Å². The average Bonchev–Trinajstić information content (AvgIpc) is 2.86. The molecule has 0 aromatic rings. The van der Waals surface area contributed by atoms with Gasteiger partial charge in [0.2, 0.25) is 12.3 Å². The standard InChI is InChI=1S/C11H17F3N2O2.C4H10.C2H5NO.C2H6/c1-7-5-16(6-10(7,2)3)8(17)4-15-9(18)11(12,13)14;1-4(2)3;1-3-2-4;1-2/h7H,4-6H2,1-3H3,(H,15,18);4H,1-3H3;2H,1H3,(H,3,4);1-2H3. The van der Waals surface area contributed by atoms with Gasteiger partial charge in [-0.2, -0.15) is 13.2 Å². The van der Waals surface area contributed by atoms with Gasteiger partial charge in [0.15, 0.2) is 0 Å². The highest BCUT2D eigenvalue weighted by Gasteiger charge is 2.41. The molecule has 1 rings (SSSR count). The number of carbonyl (C=O) groups is 3. The van der Waals surface area contributed by atoms with Gasteiger partial charge < -0.3 is 15.5 Å². The monoisotopic (exact) mass is 413 g/mol. The second-order valence-electron chi connectivity index (χ2n) is 7.48. The first-order valence-electron chi connectivity index (χ1n) is 9.42. The van der Waals surface area contributed by atoms with E-state index in [2.05, 4.69) is 26.1 Å². The maximum atomic E-state index is 11.9. The number of hydrogen-bond acceptors (Lipinski definition) is 3. The summed E-state index contributed by atoms with van der Waals surface area (Å²) in [5.74, 6) is -1.45. The highest BCUT2D eigenvalue weighted by Crippen LogP contribution is 2.34. The third-order valence-corrected chi connectivity index (χ3v) is 3.55. The van der Waals surface area contributed by atoms with Crippen molar-refractivity contribution in [3.8, 4) is 0 Å². The fourth-order valence-electron chi connectivity index (χ4n) is 1.85. The first-order chi connectivity index (χ1) is 12.7. The second kappa shape index (κ2) is 15.2. The molecule has 0 aromatic carbocycles. The number of carbonyl (C=O) groups excluding carboxylic acids is 3. The zero-order valence-corrected chi connectivity index (χ0v) is 18.7. The molecule has 0 aromatic heterocycles. The molecule has 6 nitrogen and oxygen atoms in total. The molecule has 0 spiro atoms. The number of likely N-dealkylation sites (tertiary alicyclic amines) is 1. The molecule has 0 aliphatic carbocycles. The summed E-state index contributed by atoms with van der Waals surface area (Å²) in [4.78, 5) is 32.8. The van der Waals surface area contributed by atoms with Gasteiger partial charge in [0.25, 0.3) is 0 Å². The maximum absolute atomic E-state index is 11.9. The Morgan fingerprint density at radius 3 is 1.86 bits per heavy atom. The predicted molar refractivity (Wildman–Crippen MR) is 106 cm³/mol. The Labute approximate surface area is 167 Å². The van der Waals surface area contributed by atoms with Crippen LogP contribution in [0.25, 0.3) is 0 Å². The van der Waals surface area contributed by atoms with Crippen LogP contribution in [-0.4, -0.2) is 56.0 Å². The van der Waals surface area contributed by atoms with Gasteiger partial charge in [0.1, 0.15) is 0 Å². The first-order valence-corrected chi connectivity index (χ1v) is 9.42. The van der Waals surface area contributed by atoms with E-state index in [0.717, 1.165) is 5.92 Å². The second-order valence-corrected chi connectivity index (χ2v) is 7.48. The van der Waals surface area contributed by atoms with Crippen molar-refractivity contribution in [2.75, 3.05) is 26.7 Å². The molecule has 28 heavy (non-hydrogen) atoms. The van der Waals surface area contributed by atoms with Crippen LogP contribution in [-0.2, 0) is 14.4 Å². The van der Waals surface area contributed by atoms with Crippen molar-refractivity contribution in [3.05, 3.63) is 0 Å². The topological polar surface area (TPSA) is 78.5 Å². The number of hydrogen-bond donors (Lipinski definition) is 2. The van der Waals surface area contributed by atoms with E-state index in [9.17, 15) is 22.8 Å². The van der Waals surface area contributed by atoms with Crippen molar-refractivity contribution < 1.29 is 27.6 Å². The first kappa shape index (κ1) is 30.9. The van der Waals surface area contributed by atoms with E-state index in [1.807, 2.05) is 34.6 Å². The van der Waals surface area contributed by atoms with Crippen LogP contribution in [0, 0.1) is 17.3 Å². The molecule has 1 unspecified atom stereocenters. The SMILES string of the molecule is CC.CC(C)C.CC1CN(C(=O)CNC(=O)C(F)(F)F)CC1(C)C.CNC=O. The molecule has 1 saturated heterocycles. The van der Waals surface area contributed by atoms with Crippen molar-refractivity contribution >= 4 is 18.2 Å². The summed E-state index contributed by atoms with van der Waals surface area (Å²) in [6, 6.07) is 0. The minimum atomic E-state index is -4.95. The largest absolute Gasteiger partial charge is 0.471 e. The third kappa shape index (κ3) is 15.3.